The van der Waals surface area contributed by atoms with Gasteiger partial charge in [-0.25, -0.2) is 0 Å². The van der Waals surface area contributed by atoms with E-state index in [1.165, 1.54) is 18.4 Å². The SMILES string of the molecule is Cc1ccc(C2=COC(c3cccc([N+](=O)[O-])c3)O2)cc1. The van der Waals surface area contributed by atoms with Crippen molar-refractivity contribution in [2.24, 2.45) is 0 Å². The van der Waals surface area contributed by atoms with Crippen molar-refractivity contribution in [3.8, 4) is 0 Å². The van der Waals surface area contributed by atoms with Crippen molar-refractivity contribution in [2.75, 3.05) is 0 Å². The van der Waals surface area contributed by atoms with Crippen LogP contribution >= 0.6 is 0 Å². The van der Waals surface area contributed by atoms with Crippen LogP contribution in [0.5, 0.6) is 0 Å². The standard InChI is InChI=1S/C16H13NO4/c1-11-5-7-12(8-6-11)15-10-20-16(21-15)13-3-2-4-14(9-13)17(18)19/h2-10,16H,1H3. The van der Waals surface area contributed by atoms with Gasteiger partial charge in [-0.1, -0.05) is 42.0 Å². The van der Waals surface area contributed by atoms with Crippen molar-refractivity contribution < 1.29 is 14.4 Å². The van der Waals surface area contributed by atoms with Crippen LogP contribution in [-0.2, 0) is 9.47 Å². The molecule has 2 aromatic carbocycles. The first-order valence-corrected chi connectivity index (χ1v) is 6.47. The molecule has 0 aromatic heterocycles. The third kappa shape index (κ3) is 2.72. The Hall–Kier alpha value is -2.82. The minimum atomic E-state index is -0.652. The lowest BCUT2D eigenvalue weighted by atomic mass is 10.1. The van der Waals surface area contributed by atoms with Gasteiger partial charge >= 0.3 is 0 Å². The first-order valence-electron chi connectivity index (χ1n) is 6.47. The van der Waals surface area contributed by atoms with Gasteiger partial charge in [-0.15, -0.1) is 0 Å². The predicted molar refractivity (Wildman–Crippen MR) is 77.2 cm³/mol. The Bertz CT molecular complexity index is 706. The van der Waals surface area contributed by atoms with Crippen LogP contribution in [0.3, 0.4) is 0 Å². The highest BCUT2D eigenvalue weighted by Crippen LogP contribution is 2.34. The lowest BCUT2D eigenvalue weighted by Crippen LogP contribution is -2.00. The van der Waals surface area contributed by atoms with Crippen LogP contribution in [-0.4, -0.2) is 4.92 Å². The monoisotopic (exact) mass is 283 g/mol. The molecular formula is C16H13NO4. The average Bonchev–Trinajstić information content (AvgIpc) is 2.98. The summed E-state index contributed by atoms with van der Waals surface area (Å²) in [6.45, 7) is 2.01. The molecule has 3 rings (SSSR count). The molecule has 0 saturated heterocycles. The summed E-state index contributed by atoms with van der Waals surface area (Å²) in [5.74, 6) is 0.617. The predicted octanol–water partition coefficient (Wildman–Crippen LogP) is 3.95. The van der Waals surface area contributed by atoms with Crippen LogP contribution in [0.4, 0.5) is 5.69 Å². The molecule has 5 nitrogen and oxygen atoms in total. The van der Waals surface area contributed by atoms with Crippen LogP contribution in [0.15, 0.2) is 54.8 Å². The number of benzene rings is 2. The number of nitrogens with zero attached hydrogens (tertiary/aromatic N) is 1. The van der Waals surface area contributed by atoms with Crippen molar-refractivity contribution in [1.82, 2.24) is 0 Å². The number of rotatable bonds is 3. The summed E-state index contributed by atoms with van der Waals surface area (Å²) in [6.07, 6.45) is 0.884. The van der Waals surface area contributed by atoms with Gasteiger partial charge in [0.25, 0.3) is 12.0 Å². The quantitative estimate of drug-likeness (QED) is 0.632. The number of hydrogen-bond acceptors (Lipinski definition) is 4. The molecule has 1 atom stereocenters. The Morgan fingerprint density at radius 1 is 1.14 bits per heavy atom. The maximum Gasteiger partial charge on any atom is 0.269 e. The smallest absolute Gasteiger partial charge is 0.269 e. The molecule has 2 aromatic rings. The highest BCUT2D eigenvalue weighted by Gasteiger charge is 2.24. The molecule has 21 heavy (non-hydrogen) atoms. The first-order chi connectivity index (χ1) is 10.1. The first kappa shape index (κ1) is 13.2. The van der Waals surface area contributed by atoms with Gasteiger partial charge in [-0.3, -0.25) is 10.1 Å². The van der Waals surface area contributed by atoms with Crippen molar-refractivity contribution >= 4 is 11.4 Å². The molecular weight excluding hydrogens is 270 g/mol. The average molecular weight is 283 g/mol. The van der Waals surface area contributed by atoms with E-state index in [9.17, 15) is 10.1 Å². The van der Waals surface area contributed by atoms with Crippen LogP contribution in [0.2, 0.25) is 0 Å². The Labute approximate surface area is 121 Å². The second-order valence-corrected chi connectivity index (χ2v) is 4.79. The van der Waals surface area contributed by atoms with Gasteiger partial charge in [0.2, 0.25) is 0 Å². The van der Waals surface area contributed by atoms with Crippen molar-refractivity contribution in [3.63, 3.8) is 0 Å². The van der Waals surface area contributed by atoms with Crippen molar-refractivity contribution in [1.29, 1.82) is 0 Å². The number of hydrogen-bond donors (Lipinski definition) is 0. The molecule has 106 valence electrons. The molecule has 1 heterocycles. The van der Waals surface area contributed by atoms with Gasteiger partial charge in [0.15, 0.2) is 5.76 Å². The molecule has 0 saturated carbocycles. The summed E-state index contributed by atoms with van der Waals surface area (Å²) in [7, 11) is 0. The van der Waals surface area contributed by atoms with Gasteiger partial charge < -0.3 is 9.47 Å². The summed E-state index contributed by atoms with van der Waals surface area (Å²) >= 11 is 0. The number of aryl methyl sites for hydroxylation is 1. The largest absolute Gasteiger partial charge is 0.454 e. The van der Waals surface area contributed by atoms with E-state index in [1.54, 1.807) is 12.1 Å². The molecule has 0 spiro atoms. The molecule has 0 amide bonds. The van der Waals surface area contributed by atoms with Crippen LogP contribution < -0.4 is 0 Å². The number of non-ortho nitro benzene ring substituents is 1. The van der Waals surface area contributed by atoms with Gasteiger partial charge in [0.1, 0.15) is 6.26 Å². The van der Waals surface area contributed by atoms with E-state index in [-0.39, 0.29) is 5.69 Å². The fourth-order valence-corrected chi connectivity index (χ4v) is 2.08. The maximum absolute atomic E-state index is 10.8. The van der Waals surface area contributed by atoms with E-state index in [1.807, 2.05) is 31.2 Å². The molecule has 0 radical (unpaired) electrons. The molecule has 0 bridgehead atoms. The third-order valence-corrected chi connectivity index (χ3v) is 3.22. The van der Waals surface area contributed by atoms with E-state index in [4.69, 9.17) is 9.47 Å². The topological polar surface area (TPSA) is 61.6 Å². The number of nitro groups is 1. The maximum atomic E-state index is 10.8. The molecule has 1 unspecified atom stereocenters. The molecule has 1 aliphatic heterocycles. The normalized spacial score (nSPS) is 16.8. The van der Waals surface area contributed by atoms with E-state index >= 15 is 0 Å². The fourth-order valence-electron chi connectivity index (χ4n) is 2.08. The second-order valence-electron chi connectivity index (χ2n) is 4.79. The van der Waals surface area contributed by atoms with E-state index < -0.39 is 11.2 Å². The van der Waals surface area contributed by atoms with E-state index in [0.29, 0.717) is 11.3 Å². The zero-order valence-corrected chi connectivity index (χ0v) is 11.4. The molecule has 0 fully saturated rings. The molecule has 1 aliphatic rings. The van der Waals surface area contributed by atoms with Gasteiger partial charge in [0.05, 0.1) is 4.92 Å². The van der Waals surface area contributed by atoms with Crippen LogP contribution in [0.1, 0.15) is 23.0 Å². The molecule has 5 heteroatoms. The number of nitro benzene ring substituents is 1. The van der Waals surface area contributed by atoms with E-state index in [2.05, 4.69) is 0 Å². The minimum absolute atomic E-state index is 0.0171. The fraction of sp³-hybridized carbons (Fsp3) is 0.125. The van der Waals surface area contributed by atoms with E-state index in [0.717, 1.165) is 11.1 Å². The summed E-state index contributed by atoms with van der Waals surface area (Å²) in [5.41, 5.74) is 2.70. The Morgan fingerprint density at radius 3 is 2.62 bits per heavy atom. The second kappa shape index (κ2) is 5.28. The van der Waals surface area contributed by atoms with Crippen molar-refractivity contribution in [3.05, 3.63) is 81.6 Å². The lowest BCUT2D eigenvalue weighted by Gasteiger charge is -2.12. The summed E-state index contributed by atoms with van der Waals surface area (Å²) in [6, 6.07) is 14.1. The molecule has 0 N–H and O–H groups in total. The van der Waals surface area contributed by atoms with Gasteiger partial charge in [-0.05, 0) is 6.92 Å². The molecule has 0 aliphatic carbocycles. The Morgan fingerprint density at radius 2 is 1.90 bits per heavy atom. The number of ether oxygens (including phenoxy) is 2. The minimum Gasteiger partial charge on any atom is -0.454 e. The summed E-state index contributed by atoms with van der Waals surface area (Å²) in [4.78, 5) is 10.4. The highest BCUT2D eigenvalue weighted by molar-refractivity contribution is 5.60. The lowest BCUT2D eigenvalue weighted by molar-refractivity contribution is -0.385. The summed E-state index contributed by atoms with van der Waals surface area (Å²) < 4.78 is 11.2. The highest BCUT2D eigenvalue weighted by atomic mass is 16.7. The van der Waals surface area contributed by atoms with Crippen LogP contribution in [0, 0.1) is 17.0 Å². The zero-order valence-electron chi connectivity index (χ0n) is 11.4. The van der Waals surface area contributed by atoms with Gasteiger partial charge in [0, 0.05) is 23.3 Å². The Balaban J connectivity index is 1.78. The van der Waals surface area contributed by atoms with Crippen LogP contribution in [0.25, 0.3) is 5.76 Å². The third-order valence-electron chi connectivity index (χ3n) is 3.22. The Kier molecular flexibility index (Phi) is 3.31. The van der Waals surface area contributed by atoms with Gasteiger partial charge in [-0.2, -0.15) is 0 Å². The van der Waals surface area contributed by atoms with Crippen molar-refractivity contribution in [2.45, 2.75) is 13.2 Å². The zero-order chi connectivity index (χ0) is 14.8. The summed E-state index contributed by atoms with van der Waals surface area (Å²) in [5, 5.41) is 10.8.